The molecule has 0 aliphatic heterocycles. The molecule has 0 saturated heterocycles. The zero-order chi connectivity index (χ0) is 25.1. The maximum atomic E-state index is 13.2. The normalized spacial score (nSPS) is 11.6. The van der Waals surface area contributed by atoms with E-state index in [2.05, 4.69) is 5.32 Å². The molecule has 0 bridgehead atoms. The van der Waals surface area contributed by atoms with Gasteiger partial charge in [-0.1, -0.05) is 12.1 Å². The fourth-order valence-corrected chi connectivity index (χ4v) is 4.34. The van der Waals surface area contributed by atoms with Crippen LogP contribution in [-0.4, -0.2) is 35.6 Å². The molecule has 7 nitrogen and oxygen atoms in total. The number of para-hydroxylation sites is 1. The molecule has 3 aromatic carbocycles. The maximum absolute atomic E-state index is 13.2. The van der Waals surface area contributed by atoms with Crippen molar-refractivity contribution in [2.75, 3.05) is 30.9 Å². The molecule has 3 aromatic rings. The average molecular weight is 494 g/mol. The Morgan fingerprint density at radius 3 is 2.12 bits per heavy atom. The zero-order valence-electron chi connectivity index (χ0n) is 18.4. The second-order valence-corrected chi connectivity index (χ2v) is 9.00. The number of hydrogen-bond donors (Lipinski definition) is 1. The molecule has 0 aliphatic carbocycles. The Morgan fingerprint density at radius 2 is 1.53 bits per heavy atom. The van der Waals surface area contributed by atoms with Crippen LogP contribution in [0.2, 0.25) is 0 Å². The summed E-state index contributed by atoms with van der Waals surface area (Å²) in [5, 5.41) is 2.25. The van der Waals surface area contributed by atoms with Crippen LogP contribution in [-0.2, 0) is 16.2 Å². The molecular weight excluding hydrogens is 473 g/mol. The van der Waals surface area contributed by atoms with E-state index in [0.29, 0.717) is 5.75 Å². The molecule has 0 spiro atoms. The van der Waals surface area contributed by atoms with E-state index in [0.717, 1.165) is 16.4 Å². The van der Waals surface area contributed by atoms with Gasteiger partial charge in [-0.3, -0.25) is 9.10 Å². The van der Waals surface area contributed by atoms with Gasteiger partial charge >= 0.3 is 6.18 Å². The highest BCUT2D eigenvalue weighted by Crippen LogP contribution is 2.35. The van der Waals surface area contributed by atoms with Crippen molar-refractivity contribution in [3.05, 3.63) is 77.9 Å². The summed E-state index contributed by atoms with van der Waals surface area (Å²) in [7, 11) is 0.165. The summed E-state index contributed by atoms with van der Waals surface area (Å²) in [5.41, 5.74) is -1.06. The first-order valence-corrected chi connectivity index (χ1v) is 11.2. The molecule has 180 valence electrons. The van der Waals surface area contributed by atoms with Crippen molar-refractivity contribution in [3.8, 4) is 11.5 Å². The van der Waals surface area contributed by atoms with Crippen LogP contribution in [0.15, 0.2) is 71.6 Å². The summed E-state index contributed by atoms with van der Waals surface area (Å²) in [6.07, 6.45) is -4.63. The van der Waals surface area contributed by atoms with E-state index >= 15 is 0 Å². The highest BCUT2D eigenvalue weighted by molar-refractivity contribution is 7.92. The smallest absolute Gasteiger partial charge is 0.418 e. The van der Waals surface area contributed by atoms with Crippen LogP contribution in [0, 0.1) is 0 Å². The average Bonchev–Trinajstić information content (AvgIpc) is 2.82. The lowest BCUT2D eigenvalue weighted by molar-refractivity contribution is -0.136. The Hall–Kier alpha value is -3.73. The van der Waals surface area contributed by atoms with E-state index in [-0.39, 0.29) is 27.6 Å². The number of alkyl halides is 3. The molecule has 0 aliphatic rings. The molecule has 0 radical (unpaired) electrons. The van der Waals surface area contributed by atoms with Gasteiger partial charge in [-0.05, 0) is 48.5 Å². The quantitative estimate of drug-likeness (QED) is 0.510. The molecule has 3 rings (SSSR count). The van der Waals surface area contributed by atoms with E-state index < -0.39 is 27.7 Å². The minimum atomic E-state index is -4.63. The molecule has 0 atom stereocenters. The second kappa shape index (κ2) is 9.64. The van der Waals surface area contributed by atoms with Crippen molar-refractivity contribution < 1.29 is 35.9 Å². The van der Waals surface area contributed by atoms with Gasteiger partial charge in [0.15, 0.2) is 11.5 Å². The van der Waals surface area contributed by atoms with Crippen molar-refractivity contribution in [1.82, 2.24) is 0 Å². The van der Waals surface area contributed by atoms with Gasteiger partial charge in [0.05, 0.1) is 36.1 Å². The number of ether oxygens (including phenoxy) is 2. The Morgan fingerprint density at radius 1 is 0.912 bits per heavy atom. The number of amides is 1. The molecule has 0 unspecified atom stereocenters. The van der Waals surface area contributed by atoms with Gasteiger partial charge in [0.25, 0.3) is 15.9 Å². The van der Waals surface area contributed by atoms with Gasteiger partial charge in [0, 0.05) is 18.7 Å². The lowest BCUT2D eigenvalue weighted by atomic mass is 10.1. The number of methoxy groups -OCH3 is 2. The fourth-order valence-electron chi connectivity index (χ4n) is 3.13. The van der Waals surface area contributed by atoms with Crippen LogP contribution in [0.4, 0.5) is 24.5 Å². The van der Waals surface area contributed by atoms with Crippen molar-refractivity contribution in [2.45, 2.75) is 11.1 Å². The fraction of sp³-hybridized carbons (Fsp3) is 0.174. The third-order valence-corrected chi connectivity index (χ3v) is 6.77. The molecule has 0 aromatic heterocycles. The van der Waals surface area contributed by atoms with Crippen LogP contribution in [0.3, 0.4) is 0 Å². The number of anilines is 2. The minimum absolute atomic E-state index is 0.0433. The van der Waals surface area contributed by atoms with E-state index in [1.165, 1.54) is 75.9 Å². The van der Waals surface area contributed by atoms with Crippen LogP contribution < -0.4 is 19.1 Å². The first-order valence-electron chi connectivity index (χ1n) is 9.77. The molecule has 34 heavy (non-hydrogen) atoms. The minimum Gasteiger partial charge on any atom is -0.493 e. The predicted octanol–water partition coefficient (Wildman–Crippen LogP) is 4.80. The van der Waals surface area contributed by atoms with Crippen molar-refractivity contribution >= 4 is 27.3 Å². The summed E-state index contributed by atoms with van der Waals surface area (Å²) in [6, 6.07) is 14.2. The number of halogens is 3. The van der Waals surface area contributed by atoms with Crippen LogP contribution in [0.25, 0.3) is 0 Å². The number of benzene rings is 3. The van der Waals surface area contributed by atoms with Crippen molar-refractivity contribution in [1.29, 1.82) is 0 Å². The van der Waals surface area contributed by atoms with E-state index in [4.69, 9.17) is 9.47 Å². The van der Waals surface area contributed by atoms with E-state index in [1.807, 2.05) is 0 Å². The van der Waals surface area contributed by atoms with Crippen LogP contribution in [0.1, 0.15) is 15.9 Å². The lowest BCUT2D eigenvalue weighted by Gasteiger charge is -2.20. The van der Waals surface area contributed by atoms with E-state index in [9.17, 15) is 26.4 Å². The molecule has 0 fully saturated rings. The Bertz CT molecular complexity index is 1290. The molecule has 1 N–H and O–H groups in total. The summed E-state index contributed by atoms with van der Waals surface area (Å²) < 4.78 is 76.8. The molecule has 1 amide bonds. The van der Waals surface area contributed by atoms with Gasteiger partial charge in [-0.25, -0.2) is 8.42 Å². The highest BCUT2D eigenvalue weighted by atomic mass is 32.2. The summed E-state index contributed by atoms with van der Waals surface area (Å²) in [6.45, 7) is 0. The maximum Gasteiger partial charge on any atom is 0.418 e. The molecule has 11 heteroatoms. The van der Waals surface area contributed by atoms with Gasteiger partial charge < -0.3 is 14.8 Å². The third kappa shape index (κ3) is 5.09. The number of carbonyl (C=O) groups is 1. The number of nitrogens with one attached hydrogen (secondary N) is 1. The van der Waals surface area contributed by atoms with Crippen LogP contribution >= 0.6 is 0 Å². The second-order valence-electron chi connectivity index (χ2n) is 7.03. The third-order valence-electron chi connectivity index (χ3n) is 4.99. The Kier molecular flexibility index (Phi) is 7.06. The number of carbonyl (C=O) groups excluding carboxylic acids is 1. The van der Waals surface area contributed by atoms with Crippen molar-refractivity contribution in [3.63, 3.8) is 0 Å². The SMILES string of the molecule is COc1ccc(S(=O)(=O)N(C)c2ccc(C(=O)Nc3ccccc3C(F)(F)F)cc2)cc1OC. The predicted molar refractivity (Wildman–Crippen MR) is 121 cm³/mol. The standard InChI is InChI=1S/C23H21F3N2O5S/c1-28(34(30,31)17-12-13-20(32-2)21(14-17)33-3)16-10-8-15(9-11-16)22(29)27-19-7-5-4-6-18(19)23(24,25)26/h4-14H,1-3H3,(H,27,29). The lowest BCUT2D eigenvalue weighted by Crippen LogP contribution is -2.26. The number of sulfonamides is 1. The largest absolute Gasteiger partial charge is 0.493 e. The topological polar surface area (TPSA) is 84.9 Å². The summed E-state index contributed by atoms with van der Waals surface area (Å²) in [5.74, 6) is -0.164. The first-order chi connectivity index (χ1) is 16.0. The number of nitrogens with zero attached hydrogens (tertiary/aromatic N) is 1. The van der Waals surface area contributed by atoms with Gasteiger partial charge in [0.2, 0.25) is 0 Å². The van der Waals surface area contributed by atoms with Gasteiger partial charge in [0.1, 0.15) is 0 Å². The monoisotopic (exact) mass is 494 g/mol. The van der Waals surface area contributed by atoms with Gasteiger partial charge in [-0.15, -0.1) is 0 Å². The molecule has 0 heterocycles. The van der Waals surface area contributed by atoms with Gasteiger partial charge in [-0.2, -0.15) is 13.2 Å². The molecule has 0 saturated carbocycles. The summed E-state index contributed by atoms with van der Waals surface area (Å²) >= 11 is 0. The summed E-state index contributed by atoms with van der Waals surface area (Å²) in [4.78, 5) is 12.4. The first kappa shape index (κ1) is 24.9. The molecular formula is C23H21F3N2O5S. The number of rotatable bonds is 7. The highest BCUT2D eigenvalue weighted by Gasteiger charge is 2.33. The van der Waals surface area contributed by atoms with Crippen LogP contribution in [0.5, 0.6) is 11.5 Å². The Balaban J connectivity index is 1.82. The van der Waals surface area contributed by atoms with E-state index in [1.54, 1.807) is 0 Å². The Labute approximate surface area is 194 Å². The number of hydrogen-bond acceptors (Lipinski definition) is 5. The zero-order valence-corrected chi connectivity index (χ0v) is 19.2. The van der Waals surface area contributed by atoms with Crippen molar-refractivity contribution in [2.24, 2.45) is 0 Å².